The Balaban J connectivity index is 2.07. The fourth-order valence-corrected chi connectivity index (χ4v) is 3.16. The van der Waals surface area contributed by atoms with Crippen LogP contribution >= 0.6 is 11.6 Å². The van der Waals surface area contributed by atoms with Crippen molar-refractivity contribution < 1.29 is 9.53 Å². The lowest BCUT2D eigenvalue weighted by Gasteiger charge is -2.30. The molecule has 4 heteroatoms. The van der Waals surface area contributed by atoms with E-state index >= 15 is 0 Å². The number of methoxy groups -OCH3 is 1. The van der Waals surface area contributed by atoms with Crippen LogP contribution in [-0.2, 0) is 0 Å². The van der Waals surface area contributed by atoms with Gasteiger partial charge in [0, 0.05) is 17.5 Å². The number of carbonyl (C=O) groups excluding carboxylic acids is 1. The molecule has 1 aromatic carbocycles. The highest BCUT2D eigenvalue weighted by molar-refractivity contribution is 6.18. The van der Waals surface area contributed by atoms with Gasteiger partial charge in [-0.25, -0.2) is 0 Å². The lowest BCUT2D eigenvalue weighted by atomic mass is 9.85. The van der Waals surface area contributed by atoms with Crippen LogP contribution in [0.15, 0.2) is 18.2 Å². The molecule has 110 valence electrons. The standard InChI is InChI=1S/C16H22ClNO2/c1-11-7-8-12(9-15(11)20-2)16(19)18-14-6-4-3-5-13(14)10-17/h7-9,13-14H,3-6,10H2,1-2H3,(H,18,19). The number of carbonyl (C=O) groups is 1. The molecule has 1 saturated carbocycles. The van der Waals surface area contributed by atoms with E-state index in [1.54, 1.807) is 13.2 Å². The van der Waals surface area contributed by atoms with Gasteiger partial charge in [-0.2, -0.15) is 0 Å². The second-order valence-electron chi connectivity index (χ2n) is 5.46. The molecular weight excluding hydrogens is 274 g/mol. The fraction of sp³-hybridized carbons (Fsp3) is 0.562. The highest BCUT2D eigenvalue weighted by Crippen LogP contribution is 2.26. The van der Waals surface area contributed by atoms with Crippen LogP contribution in [0.2, 0.25) is 0 Å². The number of hydrogen-bond acceptors (Lipinski definition) is 2. The van der Waals surface area contributed by atoms with Crippen LogP contribution in [0.1, 0.15) is 41.6 Å². The van der Waals surface area contributed by atoms with E-state index in [-0.39, 0.29) is 11.9 Å². The third-order valence-electron chi connectivity index (χ3n) is 4.09. The van der Waals surface area contributed by atoms with Crippen molar-refractivity contribution in [1.82, 2.24) is 5.32 Å². The highest BCUT2D eigenvalue weighted by atomic mass is 35.5. The highest BCUT2D eigenvalue weighted by Gasteiger charge is 2.26. The Hall–Kier alpha value is -1.22. The molecule has 0 saturated heterocycles. The van der Waals surface area contributed by atoms with Gasteiger partial charge in [0.2, 0.25) is 0 Å². The Kier molecular flexibility index (Phi) is 5.30. The molecule has 1 aliphatic rings. The summed E-state index contributed by atoms with van der Waals surface area (Å²) >= 11 is 6.00. The van der Waals surface area contributed by atoms with Gasteiger partial charge in [-0.3, -0.25) is 4.79 Å². The number of amides is 1. The minimum atomic E-state index is -0.0367. The summed E-state index contributed by atoms with van der Waals surface area (Å²) in [4.78, 5) is 12.3. The van der Waals surface area contributed by atoms with Crippen LogP contribution in [0.5, 0.6) is 5.75 Å². The lowest BCUT2D eigenvalue weighted by molar-refractivity contribution is 0.0911. The number of alkyl halides is 1. The molecule has 0 radical (unpaired) electrons. The van der Waals surface area contributed by atoms with E-state index < -0.39 is 0 Å². The van der Waals surface area contributed by atoms with Crippen LogP contribution in [-0.4, -0.2) is 24.9 Å². The number of nitrogens with one attached hydrogen (secondary N) is 1. The molecule has 0 aliphatic heterocycles. The van der Waals surface area contributed by atoms with Gasteiger partial charge < -0.3 is 10.1 Å². The molecule has 1 fully saturated rings. The number of aryl methyl sites for hydroxylation is 1. The predicted molar refractivity (Wildman–Crippen MR) is 81.7 cm³/mol. The molecular formula is C16H22ClNO2. The molecule has 0 aromatic heterocycles. The summed E-state index contributed by atoms with van der Waals surface area (Å²) in [7, 11) is 1.62. The molecule has 2 rings (SSSR count). The molecule has 3 nitrogen and oxygen atoms in total. The fourth-order valence-electron chi connectivity index (χ4n) is 2.80. The Bertz CT molecular complexity index is 476. The van der Waals surface area contributed by atoms with Gasteiger partial charge >= 0.3 is 0 Å². The Morgan fingerprint density at radius 1 is 1.40 bits per heavy atom. The monoisotopic (exact) mass is 295 g/mol. The third kappa shape index (κ3) is 3.45. The van der Waals surface area contributed by atoms with Crippen molar-refractivity contribution in [2.24, 2.45) is 5.92 Å². The minimum absolute atomic E-state index is 0.0367. The number of ether oxygens (including phenoxy) is 1. The molecule has 20 heavy (non-hydrogen) atoms. The molecule has 0 heterocycles. The van der Waals surface area contributed by atoms with Crippen LogP contribution < -0.4 is 10.1 Å². The third-order valence-corrected chi connectivity index (χ3v) is 4.49. The van der Waals surface area contributed by atoms with E-state index in [1.807, 2.05) is 19.1 Å². The molecule has 0 spiro atoms. The summed E-state index contributed by atoms with van der Waals surface area (Å²) in [6.07, 6.45) is 4.50. The first-order chi connectivity index (χ1) is 9.65. The number of halogens is 1. The second kappa shape index (κ2) is 6.98. The van der Waals surface area contributed by atoms with E-state index in [0.717, 1.165) is 30.6 Å². The summed E-state index contributed by atoms with van der Waals surface area (Å²) in [6.45, 7) is 1.96. The van der Waals surface area contributed by atoms with E-state index in [0.29, 0.717) is 17.4 Å². The molecule has 1 N–H and O–H groups in total. The van der Waals surface area contributed by atoms with Crippen LogP contribution in [0.25, 0.3) is 0 Å². The predicted octanol–water partition coefficient (Wildman–Crippen LogP) is 3.53. The Morgan fingerprint density at radius 3 is 2.85 bits per heavy atom. The summed E-state index contributed by atoms with van der Waals surface area (Å²) in [6, 6.07) is 5.74. The lowest BCUT2D eigenvalue weighted by Crippen LogP contribution is -2.42. The van der Waals surface area contributed by atoms with E-state index in [9.17, 15) is 4.79 Å². The summed E-state index contributed by atoms with van der Waals surface area (Å²) in [5.41, 5.74) is 1.67. The first kappa shape index (κ1) is 15.2. The molecule has 2 unspecified atom stereocenters. The van der Waals surface area contributed by atoms with Crippen molar-refractivity contribution in [3.63, 3.8) is 0 Å². The van der Waals surface area contributed by atoms with Crippen molar-refractivity contribution in [3.05, 3.63) is 29.3 Å². The van der Waals surface area contributed by atoms with Crippen molar-refractivity contribution >= 4 is 17.5 Å². The maximum absolute atomic E-state index is 12.3. The molecule has 2 atom stereocenters. The van der Waals surface area contributed by atoms with E-state index in [1.165, 1.54) is 6.42 Å². The molecule has 1 aliphatic carbocycles. The van der Waals surface area contributed by atoms with E-state index in [2.05, 4.69) is 5.32 Å². The summed E-state index contributed by atoms with van der Waals surface area (Å²) < 4.78 is 5.27. The van der Waals surface area contributed by atoms with Crippen LogP contribution in [0.4, 0.5) is 0 Å². The van der Waals surface area contributed by atoms with Gasteiger partial charge in [-0.05, 0) is 43.4 Å². The van der Waals surface area contributed by atoms with Crippen molar-refractivity contribution in [2.75, 3.05) is 13.0 Å². The number of benzene rings is 1. The first-order valence-electron chi connectivity index (χ1n) is 7.17. The van der Waals surface area contributed by atoms with Crippen molar-refractivity contribution in [3.8, 4) is 5.75 Å². The van der Waals surface area contributed by atoms with Gasteiger partial charge in [0.1, 0.15) is 5.75 Å². The molecule has 1 aromatic rings. The van der Waals surface area contributed by atoms with Gasteiger partial charge in [0.25, 0.3) is 5.91 Å². The zero-order chi connectivity index (χ0) is 14.5. The average molecular weight is 296 g/mol. The maximum atomic E-state index is 12.3. The van der Waals surface area contributed by atoms with Gasteiger partial charge in [-0.15, -0.1) is 11.6 Å². The zero-order valence-electron chi connectivity index (χ0n) is 12.1. The normalized spacial score (nSPS) is 22.4. The number of hydrogen-bond donors (Lipinski definition) is 1. The quantitative estimate of drug-likeness (QED) is 0.863. The van der Waals surface area contributed by atoms with Gasteiger partial charge in [0.05, 0.1) is 7.11 Å². The zero-order valence-corrected chi connectivity index (χ0v) is 12.9. The van der Waals surface area contributed by atoms with E-state index in [4.69, 9.17) is 16.3 Å². The van der Waals surface area contributed by atoms with Crippen molar-refractivity contribution in [1.29, 1.82) is 0 Å². The Labute approximate surface area is 125 Å². The SMILES string of the molecule is COc1cc(C(=O)NC2CCCCC2CCl)ccc1C. The Morgan fingerprint density at radius 2 is 2.15 bits per heavy atom. The first-order valence-corrected chi connectivity index (χ1v) is 7.70. The van der Waals surface area contributed by atoms with Gasteiger partial charge in [-0.1, -0.05) is 18.9 Å². The maximum Gasteiger partial charge on any atom is 0.251 e. The number of rotatable bonds is 4. The van der Waals surface area contributed by atoms with Crippen LogP contribution in [0.3, 0.4) is 0 Å². The largest absolute Gasteiger partial charge is 0.496 e. The average Bonchev–Trinajstić information content (AvgIpc) is 2.48. The van der Waals surface area contributed by atoms with Gasteiger partial charge in [0.15, 0.2) is 0 Å². The summed E-state index contributed by atoms with van der Waals surface area (Å²) in [5, 5.41) is 3.13. The second-order valence-corrected chi connectivity index (χ2v) is 5.77. The topological polar surface area (TPSA) is 38.3 Å². The molecule has 0 bridgehead atoms. The van der Waals surface area contributed by atoms with Crippen LogP contribution in [0, 0.1) is 12.8 Å². The summed E-state index contributed by atoms with van der Waals surface area (Å²) in [5.74, 6) is 1.71. The smallest absolute Gasteiger partial charge is 0.251 e. The minimum Gasteiger partial charge on any atom is -0.496 e. The van der Waals surface area contributed by atoms with Crippen molar-refractivity contribution in [2.45, 2.75) is 38.6 Å². The molecule has 1 amide bonds.